The molecule has 2 aliphatic rings. The second kappa shape index (κ2) is 9.77. The van der Waals surface area contributed by atoms with Gasteiger partial charge >= 0.3 is 0 Å². The Balaban J connectivity index is 1.34. The minimum atomic E-state index is -0.282. The number of aromatic nitrogens is 4. The van der Waals surface area contributed by atoms with Gasteiger partial charge in [-0.25, -0.2) is 9.97 Å². The number of nitrogens with zero attached hydrogens (tertiary/aromatic N) is 6. The van der Waals surface area contributed by atoms with E-state index in [1.807, 2.05) is 18.2 Å². The highest BCUT2D eigenvalue weighted by Crippen LogP contribution is 2.31. The van der Waals surface area contributed by atoms with Crippen LogP contribution < -0.4 is 15.6 Å². The quantitative estimate of drug-likeness (QED) is 0.593. The van der Waals surface area contributed by atoms with Crippen LogP contribution in [-0.4, -0.2) is 50.2 Å². The summed E-state index contributed by atoms with van der Waals surface area (Å²) < 4.78 is 7.79. The second-order valence-electron chi connectivity index (χ2n) is 9.01. The summed E-state index contributed by atoms with van der Waals surface area (Å²) in [5.41, 5.74) is 0.393. The van der Waals surface area contributed by atoms with Gasteiger partial charge in [-0.15, -0.1) is 0 Å². The first-order valence-electron chi connectivity index (χ1n) is 12.1. The second-order valence-corrected chi connectivity index (χ2v) is 9.01. The molecule has 1 aliphatic heterocycles. The van der Waals surface area contributed by atoms with Crippen LogP contribution in [0.25, 0.3) is 11.0 Å². The molecular formula is C25H29N7O2. The lowest BCUT2D eigenvalue weighted by Gasteiger charge is -2.31. The van der Waals surface area contributed by atoms with Crippen molar-refractivity contribution in [3.63, 3.8) is 0 Å². The van der Waals surface area contributed by atoms with Gasteiger partial charge in [-0.1, -0.05) is 19.8 Å². The summed E-state index contributed by atoms with van der Waals surface area (Å²) in [6, 6.07) is 7.39. The molecule has 1 saturated carbocycles. The number of fused-ring (bicyclic) bond motifs is 1. The Bertz CT molecular complexity index is 1250. The van der Waals surface area contributed by atoms with Crippen LogP contribution in [0.15, 0.2) is 35.4 Å². The molecule has 5 rings (SSSR count). The van der Waals surface area contributed by atoms with Gasteiger partial charge in [0.1, 0.15) is 35.0 Å². The predicted molar refractivity (Wildman–Crippen MR) is 129 cm³/mol. The molecule has 0 amide bonds. The zero-order chi connectivity index (χ0) is 23.5. The van der Waals surface area contributed by atoms with Crippen LogP contribution in [0.5, 0.6) is 5.75 Å². The van der Waals surface area contributed by atoms with Gasteiger partial charge in [0.25, 0.3) is 5.56 Å². The molecule has 1 aliphatic carbocycles. The summed E-state index contributed by atoms with van der Waals surface area (Å²) in [6.07, 6.45) is 9.60. The Morgan fingerprint density at radius 2 is 1.94 bits per heavy atom. The molecular weight excluding hydrogens is 430 g/mol. The molecule has 0 radical (unpaired) electrons. The van der Waals surface area contributed by atoms with Crippen molar-refractivity contribution in [1.82, 2.24) is 24.4 Å². The Hall–Kier alpha value is -3.51. The van der Waals surface area contributed by atoms with Crippen LogP contribution in [0.4, 0.5) is 11.8 Å². The van der Waals surface area contributed by atoms with Crippen LogP contribution in [0.2, 0.25) is 0 Å². The molecule has 9 heteroatoms. The fraction of sp³-hybridized carbons (Fsp3) is 0.480. The van der Waals surface area contributed by atoms with Crippen molar-refractivity contribution in [3.8, 4) is 11.8 Å². The van der Waals surface area contributed by atoms with E-state index in [4.69, 9.17) is 4.74 Å². The molecule has 9 nitrogen and oxygen atoms in total. The molecule has 0 aromatic carbocycles. The van der Waals surface area contributed by atoms with Crippen LogP contribution in [0.1, 0.15) is 57.1 Å². The largest absolute Gasteiger partial charge is 0.489 e. The zero-order valence-electron chi connectivity index (χ0n) is 19.4. The molecule has 176 valence electrons. The minimum absolute atomic E-state index is 0.0600. The highest BCUT2D eigenvalue weighted by atomic mass is 16.5. The van der Waals surface area contributed by atoms with E-state index in [2.05, 4.69) is 32.1 Å². The number of hydrogen-bond donors (Lipinski definition) is 1. The van der Waals surface area contributed by atoms with Crippen molar-refractivity contribution in [3.05, 3.63) is 46.5 Å². The van der Waals surface area contributed by atoms with E-state index in [1.54, 1.807) is 23.0 Å². The van der Waals surface area contributed by atoms with E-state index >= 15 is 0 Å². The third kappa shape index (κ3) is 4.59. The Morgan fingerprint density at radius 3 is 2.62 bits per heavy atom. The van der Waals surface area contributed by atoms with E-state index in [0.717, 1.165) is 63.9 Å². The molecule has 34 heavy (non-hydrogen) atoms. The monoisotopic (exact) mass is 459 g/mol. The highest BCUT2D eigenvalue weighted by molar-refractivity contribution is 5.77. The highest BCUT2D eigenvalue weighted by Gasteiger charge is 2.23. The summed E-state index contributed by atoms with van der Waals surface area (Å²) in [5.74, 6) is 1.70. The summed E-state index contributed by atoms with van der Waals surface area (Å²) in [6.45, 7) is 5.40. The van der Waals surface area contributed by atoms with Gasteiger partial charge in [0.05, 0.1) is 6.20 Å². The van der Waals surface area contributed by atoms with Crippen LogP contribution in [0, 0.1) is 11.3 Å². The maximum atomic E-state index is 12.9. The summed E-state index contributed by atoms with van der Waals surface area (Å²) in [4.78, 5) is 28.8. The van der Waals surface area contributed by atoms with E-state index in [0.29, 0.717) is 22.8 Å². The first kappa shape index (κ1) is 22.3. The van der Waals surface area contributed by atoms with E-state index in [9.17, 15) is 10.1 Å². The van der Waals surface area contributed by atoms with Crippen molar-refractivity contribution in [1.29, 1.82) is 5.26 Å². The average molecular weight is 460 g/mol. The topological polar surface area (TPSA) is 109 Å². The number of rotatable bonds is 6. The molecule has 4 heterocycles. The Morgan fingerprint density at radius 1 is 1.15 bits per heavy atom. The van der Waals surface area contributed by atoms with E-state index in [-0.39, 0.29) is 23.3 Å². The van der Waals surface area contributed by atoms with Crippen molar-refractivity contribution in [2.24, 2.45) is 0 Å². The van der Waals surface area contributed by atoms with Crippen molar-refractivity contribution < 1.29 is 4.74 Å². The number of anilines is 2. The summed E-state index contributed by atoms with van der Waals surface area (Å²) in [5, 5.41) is 13.2. The van der Waals surface area contributed by atoms with Gasteiger partial charge < -0.3 is 15.0 Å². The smallest absolute Gasteiger partial charge is 0.270 e. The number of pyridine rings is 2. The number of piperidine rings is 1. The Kier molecular flexibility index (Phi) is 6.41. The molecule has 0 atom stereocenters. The first-order valence-corrected chi connectivity index (χ1v) is 12.1. The molecule has 1 N–H and O–H groups in total. The predicted octanol–water partition coefficient (Wildman–Crippen LogP) is 3.78. The molecule has 2 fully saturated rings. The van der Waals surface area contributed by atoms with Gasteiger partial charge in [0.2, 0.25) is 5.95 Å². The molecule has 0 unspecified atom stereocenters. The van der Waals surface area contributed by atoms with Crippen molar-refractivity contribution in [2.45, 2.75) is 57.6 Å². The number of nitrogens with one attached hydrogen (secondary N) is 1. The molecule has 3 aromatic rings. The maximum Gasteiger partial charge on any atom is 0.270 e. The third-order valence-corrected chi connectivity index (χ3v) is 6.84. The van der Waals surface area contributed by atoms with Crippen molar-refractivity contribution in [2.75, 3.05) is 25.0 Å². The SMILES string of the molecule is CCN1CCC(Oc2ccc(Nc3ncc4cc(C#N)c(=O)n(C5CCCC5)c4n3)nc2)CC1. The molecule has 0 spiro atoms. The lowest BCUT2D eigenvalue weighted by molar-refractivity contribution is 0.103. The number of likely N-dealkylation sites (tertiary alicyclic amines) is 1. The number of nitriles is 1. The van der Waals surface area contributed by atoms with Crippen LogP contribution in [0.3, 0.4) is 0 Å². The van der Waals surface area contributed by atoms with Gasteiger partial charge in [-0.3, -0.25) is 9.36 Å². The number of ether oxygens (including phenoxy) is 1. The minimum Gasteiger partial charge on any atom is -0.489 e. The van der Waals surface area contributed by atoms with Crippen LogP contribution in [-0.2, 0) is 0 Å². The molecule has 1 saturated heterocycles. The van der Waals surface area contributed by atoms with E-state index < -0.39 is 0 Å². The lowest BCUT2D eigenvalue weighted by Crippen LogP contribution is -2.37. The zero-order valence-corrected chi connectivity index (χ0v) is 19.4. The normalized spacial score (nSPS) is 17.6. The fourth-order valence-electron chi connectivity index (χ4n) is 4.94. The van der Waals surface area contributed by atoms with Gasteiger partial charge in [-0.05, 0) is 50.4 Å². The van der Waals surface area contributed by atoms with Crippen molar-refractivity contribution >= 4 is 22.8 Å². The third-order valence-electron chi connectivity index (χ3n) is 6.84. The molecule has 0 bridgehead atoms. The molecule has 3 aromatic heterocycles. The Labute approximate surface area is 198 Å². The summed E-state index contributed by atoms with van der Waals surface area (Å²) >= 11 is 0. The number of hydrogen-bond acceptors (Lipinski definition) is 8. The maximum absolute atomic E-state index is 12.9. The van der Waals surface area contributed by atoms with Gasteiger partial charge in [-0.2, -0.15) is 10.2 Å². The average Bonchev–Trinajstić information content (AvgIpc) is 3.40. The standard InChI is InChI=1S/C25H29N7O2/c1-2-31-11-9-20(10-12-31)34-21-7-8-22(27-16-21)29-25-28-15-18-13-17(14-26)24(33)32(23(18)30-25)19-5-3-4-6-19/h7-8,13,15-16,19-20H,2-6,9-12H2,1H3,(H,27,28,29,30). The fourth-order valence-corrected chi connectivity index (χ4v) is 4.94. The van der Waals surface area contributed by atoms with Gasteiger partial charge in [0.15, 0.2) is 0 Å². The van der Waals surface area contributed by atoms with Gasteiger partial charge in [0, 0.05) is 30.7 Å². The lowest BCUT2D eigenvalue weighted by atomic mass is 10.1. The first-order chi connectivity index (χ1) is 16.6. The van der Waals surface area contributed by atoms with Crippen LogP contribution >= 0.6 is 0 Å². The summed E-state index contributed by atoms with van der Waals surface area (Å²) in [7, 11) is 0. The van der Waals surface area contributed by atoms with E-state index in [1.165, 1.54) is 0 Å².